The highest BCUT2D eigenvalue weighted by molar-refractivity contribution is 6.83. The molecule has 0 aliphatic rings. The molecular weight excluding hydrogens is 200 g/mol. The van der Waals surface area contributed by atoms with Crippen molar-refractivity contribution in [3.63, 3.8) is 0 Å². The minimum Gasteiger partial charge on any atom is -0.366 e. The second kappa shape index (κ2) is 5.15. The quantitative estimate of drug-likeness (QED) is 0.545. The van der Waals surface area contributed by atoms with Crippen molar-refractivity contribution in [3.8, 4) is 11.5 Å². The fraction of sp³-hybridized carbons (Fsp3) is 0.308. The SMILES string of the molecule is CO[C]c1ccccc1C#C[Si](C)(C)C. The molecular formula is C13H16OSi. The predicted octanol–water partition coefficient (Wildman–Crippen LogP) is 2.95. The van der Waals surface area contributed by atoms with E-state index in [1.165, 1.54) is 0 Å². The van der Waals surface area contributed by atoms with Crippen LogP contribution >= 0.6 is 0 Å². The van der Waals surface area contributed by atoms with Crippen LogP contribution in [0.4, 0.5) is 0 Å². The number of methoxy groups -OCH3 is 1. The largest absolute Gasteiger partial charge is 0.366 e. The lowest BCUT2D eigenvalue weighted by Crippen LogP contribution is -2.16. The van der Waals surface area contributed by atoms with Crippen LogP contribution in [0, 0.1) is 18.1 Å². The third-order valence-electron chi connectivity index (χ3n) is 1.71. The van der Waals surface area contributed by atoms with E-state index in [1.807, 2.05) is 24.3 Å². The summed E-state index contributed by atoms with van der Waals surface area (Å²) >= 11 is 0. The van der Waals surface area contributed by atoms with Gasteiger partial charge < -0.3 is 4.74 Å². The number of ether oxygens (including phenoxy) is 1. The monoisotopic (exact) mass is 216 g/mol. The molecule has 0 fully saturated rings. The van der Waals surface area contributed by atoms with Gasteiger partial charge in [-0.1, -0.05) is 43.8 Å². The molecule has 0 unspecified atom stereocenters. The first-order valence-electron chi connectivity index (χ1n) is 4.94. The Morgan fingerprint density at radius 2 is 1.67 bits per heavy atom. The molecule has 1 aromatic carbocycles. The summed E-state index contributed by atoms with van der Waals surface area (Å²) in [5.74, 6) is 3.21. The van der Waals surface area contributed by atoms with Crippen molar-refractivity contribution in [1.29, 1.82) is 0 Å². The third kappa shape index (κ3) is 4.33. The average molecular weight is 216 g/mol. The summed E-state index contributed by atoms with van der Waals surface area (Å²) in [5.41, 5.74) is 5.24. The van der Waals surface area contributed by atoms with Crippen molar-refractivity contribution in [2.45, 2.75) is 19.6 Å². The molecule has 15 heavy (non-hydrogen) atoms. The Labute approximate surface area is 93.5 Å². The topological polar surface area (TPSA) is 9.23 Å². The maximum atomic E-state index is 4.89. The molecule has 0 heterocycles. The van der Waals surface area contributed by atoms with Crippen LogP contribution < -0.4 is 0 Å². The molecule has 0 N–H and O–H groups in total. The van der Waals surface area contributed by atoms with Crippen molar-refractivity contribution in [3.05, 3.63) is 42.0 Å². The van der Waals surface area contributed by atoms with Crippen LogP contribution in [0.25, 0.3) is 0 Å². The molecule has 0 aromatic heterocycles. The molecule has 2 heteroatoms. The zero-order valence-corrected chi connectivity index (χ0v) is 10.7. The van der Waals surface area contributed by atoms with Gasteiger partial charge in [0.25, 0.3) is 0 Å². The van der Waals surface area contributed by atoms with E-state index in [0.29, 0.717) is 0 Å². The van der Waals surface area contributed by atoms with Gasteiger partial charge in [-0.05, 0) is 6.07 Å². The zero-order valence-electron chi connectivity index (χ0n) is 9.72. The minimum atomic E-state index is -1.32. The maximum absolute atomic E-state index is 4.89. The summed E-state index contributed by atoms with van der Waals surface area (Å²) in [6, 6.07) is 7.89. The molecule has 78 valence electrons. The van der Waals surface area contributed by atoms with E-state index in [-0.39, 0.29) is 0 Å². The van der Waals surface area contributed by atoms with Crippen LogP contribution in [0.15, 0.2) is 24.3 Å². The normalized spacial score (nSPS) is 10.7. The molecule has 1 rings (SSSR count). The second-order valence-electron chi connectivity index (χ2n) is 4.35. The predicted molar refractivity (Wildman–Crippen MR) is 66.0 cm³/mol. The van der Waals surface area contributed by atoms with E-state index < -0.39 is 8.07 Å². The lowest BCUT2D eigenvalue weighted by atomic mass is 10.1. The Hall–Kier alpha value is -1.04. The van der Waals surface area contributed by atoms with Crippen molar-refractivity contribution >= 4 is 8.07 Å². The minimum absolute atomic E-state index is 0.922. The van der Waals surface area contributed by atoms with Crippen LogP contribution in [0.3, 0.4) is 0 Å². The highest BCUT2D eigenvalue weighted by atomic mass is 28.3. The van der Waals surface area contributed by atoms with Gasteiger partial charge in [0.1, 0.15) is 8.07 Å². The lowest BCUT2D eigenvalue weighted by Gasteiger charge is -2.05. The van der Waals surface area contributed by atoms with Crippen LogP contribution in [0.1, 0.15) is 11.1 Å². The number of benzene rings is 1. The summed E-state index contributed by atoms with van der Waals surface area (Å²) in [6.07, 6.45) is 0. The van der Waals surface area contributed by atoms with Gasteiger partial charge in [-0.3, -0.25) is 0 Å². The fourth-order valence-corrected chi connectivity index (χ4v) is 1.56. The van der Waals surface area contributed by atoms with Crippen molar-refractivity contribution in [1.82, 2.24) is 0 Å². The van der Waals surface area contributed by atoms with Gasteiger partial charge in [0.2, 0.25) is 0 Å². The van der Waals surface area contributed by atoms with Crippen molar-refractivity contribution in [2.75, 3.05) is 7.11 Å². The zero-order chi connectivity index (χ0) is 11.3. The van der Waals surface area contributed by atoms with Crippen LogP contribution in [0.2, 0.25) is 19.6 Å². The Balaban J connectivity index is 2.97. The van der Waals surface area contributed by atoms with Gasteiger partial charge in [0, 0.05) is 18.2 Å². The highest BCUT2D eigenvalue weighted by Crippen LogP contribution is 2.10. The van der Waals surface area contributed by atoms with Crippen LogP contribution in [-0.2, 0) is 4.74 Å². The maximum Gasteiger partial charge on any atom is 0.167 e. The van der Waals surface area contributed by atoms with Crippen molar-refractivity contribution < 1.29 is 4.74 Å². The summed E-state index contributed by atoms with van der Waals surface area (Å²) < 4.78 is 4.89. The molecule has 1 aromatic rings. The first-order valence-corrected chi connectivity index (χ1v) is 8.44. The van der Waals surface area contributed by atoms with E-state index >= 15 is 0 Å². The fourth-order valence-electron chi connectivity index (χ4n) is 1.05. The van der Waals surface area contributed by atoms with E-state index in [9.17, 15) is 0 Å². The average Bonchev–Trinajstić information content (AvgIpc) is 2.16. The molecule has 1 nitrogen and oxygen atoms in total. The van der Waals surface area contributed by atoms with E-state index in [2.05, 4.69) is 37.7 Å². The molecule has 0 atom stereocenters. The van der Waals surface area contributed by atoms with E-state index in [0.717, 1.165) is 11.1 Å². The molecule has 0 saturated heterocycles. The highest BCUT2D eigenvalue weighted by Gasteiger charge is 2.08. The first kappa shape index (κ1) is 12.0. The Bertz CT molecular complexity index is 380. The lowest BCUT2D eigenvalue weighted by molar-refractivity contribution is 0.292. The van der Waals surface area contributed by atoms with Crippen LogP contribution in [-0.4, -0.2) is 15.2 Å². The first-order chi connectivity index (χ1) is 7.03. The van der Waals surface area contributed by atoms with Gasteiger partial charge in [0.15, 0.2) is 6.61 Å². The molecule has 0 aliphatic carbocycles. The Morgan fingerprint density at radius 1 is 1.07 bits per heavy atom. The van der Waals surface area contributed by atoms with Gasteiger partial charge >= 0.3 is 0 Å². The summed E-state index contributed by atoms with van der Waals surface area (Å²) in [6.45, 7) is 9.51. The van der Waals surface area contributed by atoms with Gasteiger partial charge in [-0.2, -0.15) is 0 Å². The van der Waals surface area contributed by atoms with E-state index in [1.54, 1.807) is 7.11 Å². The van der Waals surface area contributed by atoms with Gasteiger partial charge in [-0.25, -0.2) is 0 Å². The molecule has 0 spiro atoms. The van der Waals surface area contributed by atoms with Gasteiger partial charge in [-0.15, -0.1) is 5.54 Å². The number of hydrogen-bond acceptors (Lipinski definition) is 1. The third-order valence-corrected chi connectivity index (χ3v) is 2.59. The van der Waals surface area contributed by atoms with Crippen molar-refractivity contribution in [2.24, 2.45) is 0 Å². The Morgan fingerprint density at radius 3 is 2.20 bits per heavy atom. The molecule has 0 bridgehead atoms. The molecule has 2 radical (unpaired) electrons. The molecule has 0 aliphatic heterocycles. The number of rotatable bonds is 2. The van der Waals surface area contributed by atoms with Gasteiger partial charge in [0.05, 0.1) is 0 Å². The Kier molecular flexibility index (Phi) is 4.13. The molecule has 0 amide bonds. The van der Waals surface area contributed by atoms with Crippen LogP contribution in [0.5, 0.6) is 0 Å². The summed E-state index contributed by atoms with van der Waals surface area (Å²) in [5, 5.41) is 0. The molecule has 0 saturated carbocycles. The van der Waals surface area contributed by atoms with E-state index in [4.69, 9.17) is 4.74 Å². The summed E-state index contributed by atoms with van der Waals surface area (Å²) in [4.78, 5) is 0. The standard InChI is InChI=1S/C13H16OSi/c1-14-11-13-8-6-5-7-12(13)9-10-15(2,3)4/h5-8H,1-4H3. The summed E-state index contributed by atoms with van der Waals surface area (Å²) in [7, 11) is 0.284. The second-order valence-corrected chi connectivity index (χ2v) is 9.10. The number of hydrogen-bond donors (Lipinski definition) is 0. The smallest absolute Gasteiger partial charge is 0.167 e.